The molecule has 0 heterocycles. The Kier molecular flexibility index (Phi) is 5.84. The molecule has 0 fully saturated rings. The number of hydrogen-bond donors (Lipinski definition) is 2. The predicted molar refractivity (Wildman–Crippen MR) is 87.7 cm³/mol. The Morgan fingerprint density at radius 2 is 1.68 bits per heavy atom. The summed E-state index contributed by atoms with van der Waals surface area (Å²) in [7, 11) is 0. The molecule has 2 amide bonds. The van der Waals surface area contributed by atoms with Crippen molar-refractivity contribution in [2.75, 3.05) is 0 Å². The summed E-state index contributed by atoms with van der Waals surface area (Å²) in [5.41, 5.74) is 6.58. The molecule has 25 heavy (non-hydrogen) atoms. The fourth-order valence-electron chi connectivity index (χ4n) is 2.09. The molecule has 1 atom stereocenters. The topological polar surface area (TPSA) is 98.5 Å². The van der Waals surface area contributed by atoms with Crippen molar-refractivity contribution in [2.24, 2.45) is 5.73 Å². The summed E-state index contributed by atoms with van der Waals surface area (Å²) in [5.74, 6) is -2.23. The monoisotopic (exact) mass is 344 g/mol. The Hall–Kier alpha value is -3.22. The summed E-state index contributed by atoms with van der Waals surface area (Å²) >= 11 is 0. The van der Waals surface area contributed by atoms with Crippen LogP contribution >= 0.6 is 0 Å². The molecule has 0 aliphatic carbocycles. The first-order chi connectivity index (χ1) is 11.9. The minimum absolute atomic E-state index is 0.160. The van der Waals surface area contributed by atoms with Crippen molar-refractivity contribution in [3.05, 3.63) is 71.0 Å². The maximum atomic E-state index is 13.0. The number of ether oxygens (including phenoxy) is 1. The van der Waals surface area contributed by atoms with Crippen LogP contribution in [-0.2, 0) is 20.9 Å². The van der Waals surface area contributed by atoms with Crippen LogP contribution in [-0.4, -0.2) is 17.8 Å². The van der Waals surface area contributed by atoms with Gasteiger partial charge in [0.25, 0.3) is 5.91 Å². The fraction of sp³-hybridized carbons (Fsp3) is 0.167. The third-order valence-corrected chi connectivity index (χ3v) is 3.39. The highest BCUT2D eigenvalue weighted by Crippen LogP contribution is 2.20. The number of halogens is 1. The van der Waals surface area contributed by atoms with E-state index in [0.29, 0.717) is 6.54 Å². The van der Waals surface area contributed by atoms with E-state index in [1.54, 1.807) is 12.1 Å². The fourth-order valence-corrected chi connectivity index (χ4v) is 2.09. The van der Waals surface area contributed by atoms with Crippen molar-refractivity contribution in [2.45, 2.75) is 19.6 Å². The first-order valence-corrected chi connectivity index (χ1v) is 7.46. The molecule has 2 rings (SSSR count). The molecule has 0 radical (unpaired) electrons. The normalized spacial score (nSPS) is 11.4. The molecule has 1 unspecified atom stereocenters. The van der Waals surface area contributed by atoms with Gasteiger partial charge in [0.2, 0.25) is 12.0 Å². The second-order valence-electron chi connectivity index (χ2n) is 5.35. The summed E-state index contributed by atoms with van der Waals surface area (Å²) in [5, 5.41) is 2.64. The van der Waals surface area contributed by atoms with Crippen LogP contribution in [0.4, 0.5) is 4.39 Å². The van der Waals surface area contributed by atoms with Gasteiger partial charge in [-0.1, -0.05) is 24.3 Å². The average molecular weight is 344 g/mol. The third-order valence-electron chi connectivity index (χ3n) is 3.39. The minimum Gasteiger partial charge on any atom is -0.444 e. The lowest BCUT2D eigenvalue weighted by atomic mass is 10.1. The van der Waals surface area contributed by atoms with Gasteiger partial charge in [-0.15, -0.1) is 0 Å². The van der Waals surface area contributed by atoms with E-state index >= 15 is 0 Å². The molecule has 0 aliphatic rings. The van der Waals surface area contributed by atoms with Crippen LogP contribution in [0, 0.1) is 5.82 Å². The molecule has 0 saturated heterocycles. The van der Waals surface area contributed by atoms with E-state index in [4.69, 9.17) is 10.5 Å². The SMILES string of the molecule is CC(=O)NCc1ccc(C(=O)OC(C(N)=O)c2ccc(F)cc2)cc1. The highest BCUT2D eigenvalue weighted by atomic mass is 19.1. The molecule has 130 valence electrons. The van der Waals surface area contributed by atoms with Gasteiger partial charge < -0.3 is 15.8 Å². The first-order valence-electron chi connectivity index (χ1n) is 7.46. The molecule has 0 bridgehead atoms. The van der Waals surface area contributed by atoms with Gasteiger partial charge in [-0.2, -0.15) is 0 Å². The molecule has 2 aromatic carbocycles. The Morgan fingerprint density at radius 1 is 1.08 bits per heavy atom. The molecule has 0 aromatic heterocycles. The lowest BCUT2D eigenvalue weighted by Gasteiger charge is -2.15. The van der Waals surface area contributed by atoms with Crippen LogP contribution in [0.25, 0.3) is 0 Å². The molecule has 0 aliphatic heterocycles. The lowest BCUT2D eigenvalue weighted by molar-refractivity contribution is -0.127. The maximum absolute atomic E-state index is 13.0. The number of nitrogens with one attached hydrogen (secondary N) is 1. The first kappa shape index (κ1) is 18.1. The zero-order valence-corrected chi connectivity index (χ0v) is 13.5. The van der Waals surface area contributed by atoms with Gasteiger partial charge in [-0.25, -0.2) is 9.18 Å². The summed E-state index contributed by atoms with van der Waals surface area (Å²) in [6, 6.07) is 11.3. The van der Waals surface area contributed by atoms with E-state index in [1.165, 1.54) is 31.2 Å². The third kappa shape index (κ3) is 5.13. The second-order valence-corrected chi connectivity index (χ2v) is 5.35. The van der Waals surface area contributed by atoms with Crippen LogP contribution in [0.15, 0.2) is 48.5 Å². The number of carbonyl (C=O) groups is 3. The number of benzene rings is 2. The Bertz CT molecular complexity index is 773. The van der Waals surface area contributed by atoms with Crippen LogP contribution in [0.2, 0.25) is 0 Å². The molecule has 2 aromatic rings. The quantitative estimate of drug-likeness (QED) is 0.781. The van der Waals surface area contributed by atoms with Gasteiger partial charge in [-0.05, 0) is 29.8 Å². The molecule has 6 nitrogen and oxygen atoms in total. The van der Waals surface area contributed by atoms with Gasteiger partial charge in [-0.3, -0.25) is 9.59 Å². The Morgan fingerprint density at radius 3 is 2.20 bits per heavy atom. The minimum atomic E-state index is -1.31. The number of nitrogens with two attached hydrogens (primary N) is 1. The van der Waals surface area contributed by atoms with Crippen LogP contribution in [0.3, 0.4) is 0 Å². The second kappa shape index (κ2) is 8.05. The van der Waals surface area contributed by atoms with Crippen molar-refractivity contribution in [3.63, 3.8) is 0 Å². The number of esters is 1. The molecule has 0 spiro atoms. The Labute approximate surface area is 143 Å². The van der Waals surface area contributed by atoms with Gasteiger partial charge >= 0.3 is 5.97 Å². The van der Waals surface area contributed by atoms with Crippen molar-refractivity contribution in [1.29, 1.82) is 0 Å². The molecular weight excluding hydrogens is 327 g/mol. The van der Waals surface area contributed by atoms with Crippen molar-refractivity contribution in [1.82, 2.24) is 5.32 Å². The zero-order valence-electron chi connectivity index (χ0n) is 13.5. The summed E-state index contributed by atoms with van der Waals surface area (Å²) in [4.78, 5) is 34.6. The van der Waals surface area contributed by atoms with Crippen LogP contribution < -0.4 is 11.1 Å². The Balaban J connectivity index is 2.09. The lowest BCUT2D eigenvalue weighted by Crippen LogP contribution is -2.26. The van der Waals surface area contributed by atoms with E-state index in [1.807, 2.05) is 0 Å². The van der Waals surface area contributed by atoms with Crippen molar-refractivity contribution in [3.8, 4) is 0 Å². The molecule has 0 saturated carbocycles. The average Bonchev–Trinajstić information content (AvgIpc) is 2.59. The van der Waals surface area contributed by atoms with Crippen LogP contribution in [0.1, 0.15) is 34.5 Å². The van der Waals surface area contributed by atoms with Gasteiger partial charge in [0.15, 0.2) is 0 Å². The zero-order chi connectivity index (χ0) is 18.4. The van der Waals surface area contributed by atoms with Gasteiger partial charge in [0.1, 0.15) is 5.82 Å². The van der Waals surface area contributed by atoms with Crippen molar-refractivity contribution < 1.29 is 23.5 Å². The van der Waals surface area contributed by atoms with E-state index in [0.717, 1.165) is 17.7 Å². The van der Waals surface area contributed by atoms with E-state index in [-0.39, 0.29) is 17.0 Å². The summed E-state index contributed by atoms with van der Waals surface area (Å²) in [6.07, 6.45) is -1.31. The van der Waals surface area contributed by atoms with Crippen LogP contribution in [0.5, 0.6) is 0 Å². The summed E-state index contributed by atoms with van der Waals surface area (Å²) < 4.78 is 18.1. The highest BCUT2D eigenvalue weighted by molar-refractivity contribution is 5.92. The number of rotatable bonds is 6. The number of carbonyl (C=O) groups excluding carboxylic acids is 3. The van der Waals surface area contributed by atoms with E-state index in [9.17, 15) is 18.8 Å². The van der Waals surface area contributed by atoms with Crippen molar-refractivity contribution >= 4 is 17.8 Å². The number of amides is 2. The highest BCUT2D eigenvalue weighted by Gasteiger charge is 2.23. The van der Waals surface area contributed by atoms with Gasteiger partial charge in [0.05, 0.1) is 5.56 Å². The number of hydrogen-bond acceptors (Lipinski definition) is 4. The largest absolute Gasteiger partial charge is 0.444 e. The summed E-state index contributed by atoms with van der Waals surface area (Å²) in [6.45, 7) is 1.75. The smallest absolute Gasteiger partial charge is 0.339 e. The standard InChI is InChI=1S/C18H17FN2O4/c1-11(22)21-10-12-2-4-14(5-3-12)18(24)25-16(17(20)23)13-6-8-15(19)9-7-13/h2-9,16H,10H2,1H3,(H2,20,23)(H,21,22). The maximum Gasteiger partial charge on any atom is 0.339 e. The molecular formula is C18H17FN2O4. The van der Waals surface area contributed by atoms with E-state index < -0.39 is 23.8 Å². The van der Waals surface area contributed by atoms with Gasteiger partial charge in [0, 0.05) is 19.0 Å². The molecule has 7 heteroatoms. The predicted octanol–water partition coefficient (Wildman–Crippen LogP) is 1.85. The molecule has 3 N–H and O–H groups in total. The van der Waals surface area contributed by atoms with E-state index in [2.05, 4.69) is 5.32 Å². The number of primary amides is 1.